The van der Waals surface area contributed by atoms with Crippen LogP contribution in [-0.2, 0) is 28.3 Å². The Morgan fingerprint density at radius 2 is 1.78 bits per heavy atom. The van der Waals surface area contributed by atoms with Crippen LogP contribution in [0.3, 0.4) is 0 Å². The predicted molar refractivity (Wildman–Crippen MR) is 162 cm³/mol. The van der Waals surface area contributed by atoms with E-state index in [1.54, 1.807) is 31.2 Å². The van der Waals surface area contributed by atoms with Crippen molar-refractivity contribution in [2.75, 3.05) is 6.61 Å². The minimum absolute atomic E-state index is 0.0290. The molecule has 1 aromatic heterocycles. The molecule has 45 heavy (non-hydrogen) atoms. The molecule has 1 saturated heterocycles. The van der Waals surface area contributed by atoms with Crippen molar-refractivity contribution in [3.8, 4) is 22.6 Å². The zero-order valence-electron chi connectivity index (χ0n) is 24.3. The Morgan fingerprint density at radius 3 is 2.44 bits per heavy atom. The molecule has 11 heteroatoms. The molecule has 2 aliphatic heterocycles. The third-order valence-corrected chi connectivity index (χ3v) is 8.19. The summed E-state index contributed by atoms with van der Waals surface area (Å²) in [5, 5.41) is 7.13. The number of aromatic nitrogens is 2. The van der Waals surface area contributed by atoms with Crippen LogP contribution in [0.5, 0.6) is 11.5 Å². The van der Waals surface area contributed by atoms with Gasteiger partial charge >= 0.3 is 0 Å². The average molecular weight is 637 g/mol. The highest BCUT2D eigenvalue weighted by molar-refractivity contribution is 6.30. The quantitative estimate of drug-likeness (QED) is 0.192. The van der Waals surface area contributed by atoms with Crippen LogP contribution in [-0.4, -0.2) is 33.8 Å². The molecule has 1 N–H and O–H groups in total. The summed E-state index contributed by atoms with van der Waals surface area (Å²) in [4.78, 5) is 13.1. The van der Waals surface area contributed by atoms with E-state index in [2.05, 4.69) is 0 Å². The van der Waals surface area contributed by atoms with E-state index in [1.165, 1.54) is 24.3 Å². The van der Waals surface area contributed by atoms with Crippen molar-refractivity contribution < 1.29 is 37.3 Å². The maximum absolute atomic E-state index is 15.7. The number of halogens is 4. The van der Waals surface area contributed by atoms with Crippen LogP contribution < -0.4 is 9.47 Å². The summed E-state index contributed by atoms with van der Waals surface area (Å²) < 4.78 is 66.0. The fraction of sp³-hybridized carbons (Fsp3) is 0.235. The zero-order chi connectivity index (χ0) is 31.9. The second kappa shape index (κ2) is 12.1. The van der Waals surface area contributed by atoms with Crippen molar-refractivity contribution in [1.29, 1.82) is 0 Å². The van der Waals surface area contributed by atoms with Gasteiger partial charge in [0.2, 0.25) is 0 Å². The second-order valence-electron chi connectivity index (χ2n) is 11.0. The van der Waals surface area contributed by atoms with E-state index in [0.29, 0.717) is 30.3 Å². The summed E-state index contributed by atoms with van der Waals surface area (Å²) in [6.45, 7) is 4.60. The molecule has 2 atom stereocenters. The highest BCUT2D eigenvalue weighted by Gasteiger charge is 2.42. The van der Waals surface area contributed by atoms with E-state index in [-0.39, 0.29) is 46.5 Å². The molecule has 232 valence electrons. The number of imidazole rings is 1. The largest absolute Gasteiger partial charge is 0.483 e. The lowest BCUT2D eigenvalue weighted by atomic mass is 10.00. The Kier molecular flexibility index (Phi) is 8.20. The van der Waals surface area contributed by atoms with E-state index in [1.807, 2.05) is 29.7 Å². The van der Waals surface area contributed by atoms with Gasteiger partial charge in [0.05, 0.1) is 29.2 Å². The van der Waals surface area contributed by atoms with Gasteiger partial charge in [-0.2, -0.15) is 0 Å². The first kappa shape index (κ1) is 30.5. The molecule has 3 heterocycles. The summed E-state index contributed by atoms with van der Waals surface area (Å²) in [7, 11) is 0. The van der Waals surface area contributed by atoms with Crippen molar-refractivity contribution in [2.24, 2.45) is 0 Å². The average Bonchev–Trinajstić information content (AvgIpc) is 3.49. The minimum atomic E-state index is -1.49. The number of para-hydroxylation sites is 1. The zero-order valence-corrected chi connectivity index (χ0v) is 25.1. The fourth-order valence-corrected chi connectivity index (χ4v) is 5.82. The molecule has 2 unspecified atom stereocenters. The van der Waals surface area contributed by atoms with Gasteiger partial charge in [0.25, 0.3) is 12.3 Å². The molecule has 0 spiro atoms. The van der Waals surface area contributed by atoms with Crippen molar-refractivity contribution in [3.63, 3.8) is 0 Å². The molecule has 0 aliphatic carbocycles. The fourth-order valence-electron chi connectivity index (χ4n) is 5.66. The Labute approximate surface area is 261 Å². The van der Waals surface area contributed by atoms with Crippen LogP contribution in [0.25, 0.3) is 22.2 Å². The minimum Gasteiger partial charge on any atom is -0.483 e. The third-order valence-electron chi connectivity index (χ3n) is 7.95. The van der Waals surface area contributed by atoms with Crippen LogP contribution >= 0.6 is 11.6 Å². The molecular formula is C34H28ClF3N2O5. The van der Waals surface area contributed by atoms with E-state index in [0.717, 1.165) is 23.0 Å². The molecule has 1 fully saturated rings. The van der Waals surface area contributed by atoms with E-state index < -0.39 is 23.2 Å². The van der Waals surface area contributed by atoms with Crippen LogP contribution in [0.4, 0.5) is 13.2 Å². The molecule has 2 aliphatic rings. The van der Waals surface area contributed by atoms with Crippen LogP contribution in [0.2, 0.25) is 5.02 Å². The number of benzene rings is 4. The Balaban J connectivity index is 0.00000115. The highest BCUT2D eigenvalue weighted by atomic mass is 35.5. The predicted octanol–water partition coefficient (Wildman–Crippen LogP) is 7.81. The molecule has 4 aromatic carbocycles. The lowest BCUT2D eigenvalue weighted by Crippen LogP contribution is -2.32. The van der Waals surface area contributed by atoms with Crippen molar-refractivity contribution in [3.05, 3.63) is 112 Å². The van der Waals surface area contributed by atoms with Crippen LogP contribution in [0.15, 0.2) is 66.7 Å². The van der Waals surface area contributed by atoms with Gasteiger partial charge < -0.3 is 23.9 Å². The Morgan fingerprint density at radius 1 is 1.04 bits per heavy atom. The van der Waals surface area contributed by atoms with Gasteiger partial charge in [0.15, 0.2) is 11.5 Å². The van der Waals surface area contributed by atoms with Gasteiger partial charge in [-0.15, -0.1) is 0 Å². The topological polar surface area (TPSA) is 82.8 Å². The molecule has 0 saturated carbocycles. The van der Waals surface area contributed by atoms with E-state index in [4.69, 9.17) is 40.7 Å². The van der Waals surface area contributed by atoms with Crippen LogP contribution in [0, 0.1) is 24.4 Å². The smallest absolute Gasteiger partial charge is 0.290 e. The SMILES string of the molecule is Cc1ccc2nc(Cc3c(F)cc(-c4cccc5c4OC(C)(c4ccc(Cl)cc4F)O5)cc3F)n(CC3CCO3)c2c1.O=CO. The number of nitrogens with zero attached hydrogens (tertiary/aromatic N) is 2. The first-order valence-corrected chi connectivity index (χ1v) is 14.6. The van der Waals surface area contributed by atoms with Crippen molar-refractivity contribution >= 4 is 29.1 Å². The number of rotatable bonds is 6. The molecule has 0 bridgehead atoms. The molecule has 5 aromatic rings. The number of aryl methyl sites for hydroxylation is 1. The van der Waals surface area contributed by atoms with E-state index >= 15 is 8.78 Å². The number of hydrogen-bond acceptors (Lipinski definition) is 5. The van der Waals surface area contributed by atoms with Gasteiger partial charge in [-0.3, -0.25) is 4.79 Å². The van der Waals surface area contributed by atoms with Gasteiger partial charge in [-0.25, -0.2) is 18.2 Å². The standard InChI is InChI=1S/C33H26ClF3N2O3.CH2O2/c1-18-6-9-28-29(12-18)39(17-21-10-11-40-21)31(38-28)16-23-25(35)13-19(14-26(23)36)22-4-3-5-30-32(22)42-33(2,41-30)24-8-7-20(34)15-27(24)37;2-1-3/h3-9,12-15,21H,10-11,16-17H2,1-2H3;1H,(H,2,3). The molecule has 7 rings (SSSR count). The van der Waals surface area contributed by atoms with Crippen LogP contribution in [0.1, 0.15) is 35.9 Å². The number of hydrogen-bond donors (Lipinski definition) is 1. The normalized spacial score (nSPS) is 18.3. The summed E-state index contributed by atoms with van der Waals surface area (Å²) in [6, 6.07) is 17.7. The summed E-state index contributed by atoms with van der Waals surface area (Å²) in [5.74, 6) is -2.34. The molecule has 0 radical (unpaired) electrons. The van der Waals surface area contributed by atoms with E-state index in [9.17, 15) is 4.39 Å². The molecule has 7 nitrogen and oxygen atoms in total. The lowest BCUT2D eigenvalue weighted by Gasteiger charge is -2.27. The van der Waals surface area contributed by atoms with Gasteiger partial charge in [0.1, 0.15) is 23.3 Å². The van der Waals surface area contributed by atoms with Gasteiger partial charge in [-0.05, 0) is 73.0 Å². The van der Waals surface area contributed by atoms with Crippen molar-refractivity contribution in [1.82, 2.24) is 9.55 Å². The second-order valence-corrected chi connectivity index (χ2v) is 11.5. The maximum Gasteiger partial charge on any atom is 0.290 e. The maximum atomic E-state index is 15.7. The first-order valence-electron chi connectivity index (χ1n) is 14.2. The summed E-state index contributed by atoms with van der Waals surface area (Å²) in [5.41, 5.74) is 3.50. The number of carbonyl (C=O) groups is 1. The monoisotopic (exact) mass is 636 g/mol. The first-order chi connectivity index (χ1) is 21.6. The number of carboxylic acid groups (broad SMARTS) is 1. The highest BCUT2D eigenvalue weighted by Crippen LogP contribution is 2.50. The number of ether oxygens (including phenoxy) is 3. The van der Waals surface area contributed by atoms with Gasteiger partial charge in [-0.1, -0.05) is 29.8 Å². The Hall–Kier alpha value is -4.54. The summed E-state index contributed by atoms with van der Waals surface area (Å²) in [6.07, 6.45) is 0.950. The third kappa shape index (κ3) is 5.83. The number of fused-ring (bicyclic) bond motifs is 2. The lowest BCUT2D eigenvalue weighted by molar-refractivity contribution is -0.122. The summed E-state index contributed by atoms with van der Waals surface area (Å²) >= 11 is 5.92. The molecular weight excluding hydrogens is 609 g/mol. The van der Waals surface area contributed by atoms with Gasteiger partial charge in [0, 0.05) is 36.1 Å². The Bertz CT molecular complexity index is 1900. The molecule has 0 amide bonds. The van der Waals surface area contributed by atoms with Crippen molar-refractivity contribution in [2.45, 2.75) is 45.1 Å².